The standard InChI is InChI=1S/C28H35N3O.ClH/c32-24(22-31-27-14-6-4-12-25(27)26-13-5-7-15-28(26)31)21-30-19-17-29(18-20-30)16-8-11-23-9-2-1-3-10-23;/h1-4,6,8-12,14,24,32H,5,7,13,15-22H2;1H/b11-8+;. The van der Waals surface area contributed by atoms with Gasteiger partial charge in [-0.15, -0.1) is 12.4 Å². The SMILES string of the molecule is Cl.OC(CN1CCN(C/C=C/c2ccccc2)CC1)Cn1c2c(c3ccccc31)CCCC2. The first-order valence-corrected chi connectivity index (χ1v) is 12.2. The maximum Gasteiger partial charge on any atom is 0.0845 e. The summed E-state index contributed by atoms with van der Waals surface area (Å²) in [6.45, 7) is 6.64. The second-order valence-electron chi connectivity index (χ2n) is 9.33. The Kier molecular flexibility index (Phi) is 8.26. The molecule has 0 radical (unpaired) electrons. The maximum atomic E-state index is 11.0. The first kappa shape index (κ1) is 24.0. The number of nitrogens with zero attached hydrogens (tertiary/aromatic N) is 3. The van der Waals surface area contributed by atoms with Crippen LogP contribution < -0.4 is 0 Å². The minimum atomic E-state index is -0.332. The van der Waals surface area contributed by atoms with E-state index in [0.717, 1.165) is 45.7 Å². The van der Waals surface area contributed by atoms with Gasteiger partial charge >= 0.3 is 0 Å². The highest BCUT2D eigenvalue weighted by atomic mass is 35.5. The van der Waals surface area contributed by atoms with Gasteiger partial charge in [-0.25, -0.2) is 0 Å². The van der Waals surface area contributed by atoms with E-state index >= 15 is 0 Å². The molecule has 1 aliphatic carbocycles. The first-order valence-electron chi connectivity index (χ1n) is 12.2. The van der Waals surface area contributed by atoms with Crippen molar-refractivity contribution >= 4 is 29.4 Å². The molecule has 1 atom stereocenters. The number of aliphatic hydroxyl groups excluding tert-OH is 1. The number of hydrogen-bond donors (Lipinski definition) is 1. The lowest BCUT2D eigenvalue weighted by Crippen LogP contribution is -2.48. The van der Waals surface area contributed by atoms with Crippen LogP contribution in [0.5, 0.6) is 0 Å². The summed E-state index contributed by atoms with van der Waals surface area (Å²) >= 11 is 0. The summed E-state index contributed by atoms with van der Waals surface area (Å²) in [7, 11) is 0. The van der Waals surface area contributed by atoms with Crippen molar-refractivity contribution in [2.45, 2.75) is 38.3 Å². The van der Waals surface area contributed by atoms with Gasteiger partial charge in [-0.2, -0.15) is 0 Å². The van der Waals surface area contributed by atoms with Gasteiger partial charge in [0.05, 0.1) is 12.6 Å². The normalized spacial score (nSPS) is 18.3. The number of aliphatic hydroxyl groups is 1. The average molecular weight is 466 g/mol. The predicted molar refractivity (Wildman–Crippen MR) is 140 cm³/mol. The molecule has 176 valence electrons. The van der Waals surface area contributed by atoms with E-state index in [0.29, 0.717) is 6.54 Å². The molecule has 2 aliphatic rings. The third-order valence-corrected chi connectivity index (χ3v) is 7.09. The molecule has 1 fully saturated rings. The molecule has 0 saturated carbocycles. The van der Waals surface area contributed by atoms with Crippen LogP contribution in [0.25, 0.3) is 17.0 Å². The van der Waals surface area contributed by atoms with Crippen LogP contribution in [0.15, 0.2) is 60.7 Å². The smallest absolute Gasteiger partial charge is 0.0845 e. The lowest BCUT2D eigenvalue weighted by Gasteiger charge is -2.35. The quantitative estimate of drug-likeness (QED) is 0.551. The van der Waals surface area contributed by atoms with E-state index in [4.69, 9.17) is 0 Å². The zero-order valence-electron chi connectivity index (χ0n) is 19.4. The van der Waals surface area contributed by atoms with Gasteiger partial charge in [0.1, 0.15) is 0 Å². The van der Waals surface area contributed by atoms with Crippen molar-refractivity contribution in [1.29, 1.82) is 0 Å². The predicted octanol–water partition coefficient (Wildman–Crippen LogP) is 4.63. The number of β-amino-alcohol motifs (C(OH)–C–C–N with tert-alkyl or cyclic N) is 1. The molecule has 0 spiro atoms. The highest BCUT2D eigenvalue weighted by Crippen LogP contribution is 2.32. The average Bonchev–Trinajstić information content (AvgIpc) is 3.15. The molecule has 5 heteroatoms. The molecule has 1 aliphatic heterocycles. The van der Waals surface area contributed by atoms with Gasteiger partial charge in [0.25, 0.3) is 0 Å². The highest BCUT2D eigenvalue weighted by Gasteiger charge is 2.23. The zero-order chi connectivity index (χ0) is 21.8. The lowest BCUT2D eigenvalue weighted by molar-refractivity contribution is 0.0678. The van der Waals surface area contributed by atoms with Crippen LogP contribution in [0.4, 0.5) is 0 Å². The van der Waals surface area contributed by atoms with E-state index in [-0.39, 0.29) is 18.5 Å². The molecule has 33 heavy (non-hydrogen) atoms. The number of piperazine rings is 1. The van der Waals surface area contributed by atoms with E-state index < -0.39 is 0 Å². The highest BCUT2D eigenvalue weighted by molar-refractivity contribution is 5.86. The van der Waals surface area contributed by atoms with Crippen LogP contribution in [-0.4, -0.2) is 64.8 Å². The van der Waals surface area contributed by atoms with Gasteiger partial charge in [-0.1, -0.05) is 60.7 Å². The fraction of sp³-hybridized carbons (Fsp3) is 0.429. The van der Waals surface area contributed by atoms with Crippen molar-refractivity contribution in [3.8, 4) is 0 Å². The molecule has 1 unspecified atom stereocenters. The number of benzene rings is 2. The molecule has 3 aromatic rings. The lowest BCUT2D eigenvalue weighted by atomic mass is 9.95. The Morgan fingerprint density at radius 1 is 0.818 bits per heavy atom. The van der Waals surface area contributed by atoms with Gasteiger partial charge in [0.15, 0.2) is 0 Å². The van der Waals surface area contributed by atoms with Gasteiger partial charge in [0, 0.05) is 55.9 Å². The number of aromatic nitrogens is 1. The molecule has 1 N–H and O–H groups in total. The van der Waals surface area contributed by atoms with Crippen LogP contribution >= 0.6 is 12.4 Å². The largest absolute Gasteiger partial charge is 0.390 e. The number of para-hydroxylation sites is 1. The number of fused-ring (bicyclic) bond motifs is 3. The number of hydrogen-bond acceptors (Lipinski definition) is 3. The van der Waals surface area contributed by atoms with E-state index in [1.807, 2.05) is 0 Å². The monoisotopic (exact) mass is 465 g/mol. The summed E-state index contributed by atoms with van der Waals surface area (Å²) in [6.07, 6.45) is 9.01. The van der Waals surface area contributed by atoms with E-state index in [1.165, 1.54) is 47.0 Å². The summed E-state index contributed by atoms with van der Waals surface area (Å²) in [4.78, 5) is 4.93. The number of aryl methyl sites for hydroxylation is 1. The van der Waals surface area contributed by atoms with Crippen LogP contribution in [0.2, 0.25) is 0 Å². The summed E-state index contributed by atoms with van der Waals surface area (Å²) < 4.78 is 2.42. The summed E-state index contributed by atoms with van der Waals surface area (Å²) in [5.41, 5.74) is 5.55. The number of halogens is 1. The Bertz CT molecular complexity index is 1050. The Labute approximate surface area is 203 Å². The van der Waals surface area contributed by atoms with Crippen molar-refractivity contribution in [1.82, 2.24) is 14.4 Å². The molecule has 2 heterocycles. The second-order valence-corrected chi connectivity index (χ2v) is 9.33. The van der Waals surface area contributed by atoms with Gasteiger partial charge in [-0.3, -0.25) is 9.80 Å². The van der Waals surface area contributed by atoms with Crippen LogP contribution in [0.1, 0.15) is 29.7 Å². The van der Waals surface area contributed by atoms with E-state index in [9.17, 15) is 5.11 Å². The fourth-order valence-electron chi connectivity index (χ4n) is 5.42. The summed E-state index contributed by atoms with van der Waals surface area (Å²) in [6, 6.07) is 19.2. The third kappa shape index (κ3) is 5.70. The Hall–Kier alpha value is -2.11. The molecule has 0 amide bonds. The van der Waals surface area contributed by atoms with Gasteiger partial charge in [0.2, 0.25) is 0 Å². The molecule has 2 aromatic carbocycles. The van der Waals surface area contributed by atoms with Crippen molar-refractivity contribution in [2.75, 3.05) is 39.3 Å². The van der Waals surface area contributed by atoms with Crippen molar-refractivity contribution in [3.63, 3.8) is 0 Å². The van der Waals surface area contributed by atoms with Crippen molar-refractivity contribution in [2.24, 2.45) is 0 Å². The second kappa shape index (κ2) is 11.3. The molecule has 0 bridgehead atoms. The Balaban J connectivity index is 0.00000259. The fourth-order valence-corrected chi connectivity index (χ4v) is 5.42. The minimum absolute atomic E-state index is 0. The first-order chi connectivity index (χ1) is 15.8. The molecule has 5 rings (SSSR count). The molecule has 1 aromatic heterocycles. The third-order valence-electron chi connectivity index (χ3n) is 7.09. The Morgan fingerprint density at radius 3 is 2.33 bits per heavy atom. The van der Waals surface area contributed by atoms with Gasteiger partial charge < -0.3 is 9.67 Å². The summed E-state index contributed by atoms with van der Waals surface area (Å²) in [5, 5.41) is 12.4. The Morgan fingerprint density at radius 2 is 1.52 bits per heavy atom. The molecule has 1 saturated heterocycles. The van der Waals surface area contributed by atoms with Crippen molar-refractivity contribution in [3.05, 3.63) is 77.5 Å². The zero-order valence-corrected chi connectivity index (χ0v) is 20.2. The molecule has 4 nitrogen and oxygen atoms in total. The maximum absolute atomic E-state index is 11.0. The van der Waals surface area contributed by atoms with Crippen LogP contribution in [0.3, 0.4) is 0 Å². The van der Waals surface area contributed by atoms with Gasteiger partial charge in [-0.05, 0) is 42.9 Å². The summed E-state index contributed by atoms with van der Waals surface area (Å²) in [5.74, 6) is 0. The van der Waals surface area contributed by atoms with E-state index in [1.54, 1.807) is 0 Å². The molecular weight excluding hydrogens is 430 g/mol. The molecular formula is C28H36ClN3O. The number of rotatable bonds is 7. The van der Waals surface area contributed by atoms with Crippen LogP contribution in [-0.2, 0) is 19.4 Å². The minimum Gasteiger partial charge on any atom is -0.390 e. The van der Waals surface area contributed by atoms with Crippen molar-refractivity contribution < 1.29 is 5.11 Å². The topological polar surface area (TPSA) is 31.6 Å². The van der Waals surface area contributed by atoms with E-state index in [2.05, 4.69) is 81.1 Å². The van der Waals surface area contributed by atoms with Crippen LogP contribution in [0, 0.1) is 0 Å².